The predicted molar refractivity (Wildman–Crippen MR) is 55.4 cm³/mol. The van der Waals surface area contributed by atoms with Gasteiger partial charge in [0, 0.05) is 7.05 Å². The summed E-state index contributed by atoms with van der Waals surface area (Å²) in [4.78, 5) is 11.5. The van der Waals surface area contributed by atoms with E-state index in [-0.39, 0.29) is 11.9 Å². The van der Waals surface area contributed by atoms with E-state index in [1.165, 1.54) is 0 Å². The Morgan fingerprint density at radius 1 is 1.23 bits per heavy atom. The quantitative estimate of drug-likeness (QED) is 0.639. The van der Waals surface area contributed by atoms with Crippen LogP contribution in [0.1, 0.15) is 27.7 Å². The number of amides is 1. The van der Waals surface area contributed by atoms with Crippen LogP contribution < -0.4 is 5.32 Å². The average Bonchev–Trinajstić information content (AvgIpc) is 2.20. The molecule has 0 bridgehead atoms. The number of carbonyl (C=O) groups excluding carboxylic acids is 1. The molecule has 0 aliphatic heterocycles. The molecule has 0 aromatic heterocycles. The maximum atomic E-state index is 11.5. The SMILES string of the molecule is CC[N+](CC)(CC)C(C)C(=O)NC. The van der Waals surface area contributed by atoms with Gasteiger partial charge in [-0.25, -0.2) is 0 Å². The monoisotopic (exact) mass is 187 g/mol. The Morgan fingerprint density at radius 2 is 1.62 bits per heavy atom. The fourth-order valence-electron chi connectivity index (χ4n) is 1.95. The van der Waals surface area contributed by atoms with Crippen LogP contribution >= 0.6 is 0 Å². The van der Waals surface area contributed by atoms with E-state index in [1.54, 1.807) is 7.05 Å². The van der Waals surface area contributed by atoms with Crippen LogP contribution in [0.4, 0.5) is 0 Å². The molecule has 0 saturated carbocycles. The van der Waals surface area contributed by atoms with Gasteiger partial charge in [0.2, 0.25) is 0 Å². The number of hydrogen-bond donors (Lipinski definition) is 1. The van der Waals surface area contributed by atoms with Crippen molar-refractivity contribution < 1.29 is 9.28 Å². The lowest BCUT2D eigenvalue weighted by Gasteiger charge is -2.40. The second-order valence-corrected chi connectivity index (χ2v) is 3.46. The van der Waals surface area contributed by atoms with Gasteiger partial charge in [-0.1, -0.05) is 0 Å². The summed E-state index contributed by atoms with van der Waals surface area (Å²) in [5.41, 5.74) is 0. The lowest BCUT2D eigenvalue weighted by Crippen LogP contribution is -2.59. The van der Waals surface area contributed by atoms with Crippen LogP contribution in [-0.2, 0) is 4.79 Å². The van der Waals surface area contributed by atoms with Gasteiger partial charge in [0.25, 0.3) is 5.91 Å². The van der Waals surface area contributed by atoms with Crippen molar-refractivity contribution in [3.63, 3.8) is 0 Å². The minimum Gasteiger partial charge on any atom is -0.354 e. The lowest BCUT2D eigenvalue weighted by atomic mass is 10.2. The molecule has 0 aliphatic rings. The molecule has 0 aromatic carbocycles. The highest BCUT2D eigenvalue weighted by atomic mass is 16.2. The van der Waals surface area contributed by atoms with Gasteiger partial charge in [-0.2, -0.15) is 0 Å². The number of quaternary nitrogens is 1. The first-order valence-corrected chi connectivity index (χ1v) is 5.15. The van der Waals surface area contributed by atoms with Crippen molar-refractivity contribution in [1.82, 2.24) is 5.32 Å². The summed E-state index contributed by atoms with van der Waals surface area (Å²) in [5, 5.41) is 2.72. The number of nitrogens with one attached hydrogen (secondary N) is 1. The third kappa shape index (κ3) is 2.44. The number of rotatable bonds is 5. The van der Waals surface area contributed by atoms with Crippen LogP contribution in [0.15, 0.2) is 0 Å². The number of nitrogens with zero attached hydrogens (tertiary/aromatic N) is 1. The lowest BCUT2D eigenvalue weighted by molar-refractivity contribution is -0.936. The zero-order chi connectivity index (χ0) is 10.5. The van der Waals surface area contributed by atoms with E-state index in [1.807, 2.05) is 6.92 Å². The Balaban J connectivity index is 4.62. The first-order valence-electron chi connectivity index (χ1n) is 5.15. The van der Waals surface area contributed by atoms with E-state index >= 15 is 0 Å². The van der Waals surface area contributed by atoms with Crippen LogP contribution in [0.5, 0.6) is 0 Å². The summed E-state index contributed by atoms with van der Waals surface area (Å²) >= 11 is 0. The Hall–Kier alpha value is -0.570. The zero-order valence-electron chi connectivity index (χ0n) is 9.55. The Bertz CT molecular complexity index is 156. The molecular formula is C10H23N2O+. The van der Waals surface area contributed by atoms with Crippen LogP contribution in [0, 0.1) is 0 Å². The van der Waals surface area contributed by atoms with Crippen molar-refractivity contribution in [3.8, 4) is 0 Å². The third-order valence-corrected chi connectivity index (χ3v) is 3.34. The molecule has 78 valence electrons. The normalized spacial score (nSPS) is 13.9. The van der Waals surface area contributed by atoms with Crippen molar-refractivity contribution in [2.24, 2.45) is 0 Å². The molecular weight excluding hydrogens is 164 g/mol. The van der Waals surface area contributed by atoms with E-state index in [0.717, 1.165) is 24.1 Å². The largest absolute Gasteiger partial charge is 0.354 e. The van der Waals surface area contributed by atoms with Crippen molar-refractivity contribution in [2.75, 3.05) is 26.7 Å². The van der Waals surface area contributed by atoms with E-state index in [4.69, 9.17) is 0 Å². The highest BCUT2D eigenvalue weighted by Crippen LogP contribution is 2.12. The molecule has 0 spiro atoms. The Kier molecular flexibility index (Phi) is 4.99. The topological polar surface area (TPSA) is 29.1 Å². The number of hydrogen-bond acceptors (Lipinski definition) is 1. The summed E-state index contributed by atoms with van der Waals surface area (Å²) in [7, 11) is 1.70. The summed E-state index contributed by atoms with van der Waals surface area (Å²) in [6.45, 7) is 11.5. The Labute approximate surface area is 81.7 Å². The molecule has 0 fully saturated rings. The molecule has 3 heteroatoms. The summed E-state index contributed by atoms with van der Waals surface area (Å²) < 4.78 is 0.875. The van der Waals surface area contributed by atoms with Crippen LogP contribution in [0.3, 0.4) is 0 Å². The van der Waals surface area contributed by atoms with Gasteiger partial charge in [-0.05, 0) is 27.7 Å². The molecule has 1 amide bonds. The van der Waals surface area contributed by atoms with Crippen molar-refractivity contribution in [2.45, 2.75) is 33.7 Å². The second kappa shape index (κ2) is 5.22. The van der Waals surface area contributed by atoms with Gasteiger partial charge in [0.1, 0.15) is 0 Å². The van der Waals surface area contributed by atoms with E-state index in [9.17, 15) is 4.79 Å². The second-order valence-electron chi connectivity index (χ2n) is 3.46. The Morgan fingerprint density at radius 3 is 1.85 bits per heavy atom. The van der Waals surface area contributed by atoms with Gasteiger partial charge >= 0.3 is 0 Å². The predicted octanol–water partition coefficient (Wildman–Crippen LogP) is 0.997. The van der Waals surface area contributed by atoms with E-state index in [2.05, 4.69) is 26.1 Å². The van der Waals surface area contributed by atoms with Gasteiger partial charge in [-0.15, -0.1) is 0 Å². The maximum absolute atomic E-state index is 11.5. The molecule has 0 aliphatic carbocycles. The smallest absolute Gasteiger partial charge is 0.277 e. The molecule has 13 heavy (non-hydrogen) atoms. The van der Waals surface area contributed by atoms with Crippen LogP contribution in [-0.4, -0.2) is 43.1 Å². The highest BCUT2D eigenvalue weighted by molar-refractivity contribution is 5.79. The highest BCUT2D eigenvalue weighted by Gasteiger charge is 2.33. The van der Waals surface area contributed by atoms with Gasteiger partial charge in [-0.3, -0.25) is 4.79 Å². The number of likely N-dealkylation sites (N-methyl/N-ethyl adjacent to an activating group) is 2. The molecule has 0 aromatic rings. The number of carbonyl (C=O) groups is 1. The molecule has 3 nitrogen and oxygen atoms in total. The van der Waals surface area contributed by atoms with Gasteiger partial charge in [0.15, 0.2) is 6.04 Å². The fourth-order valence-corrected chi connectivity index (χ4v) is 1.95. The first kappa shape index (κ1) is 12.4. The molecule has 1 unspecified atom stereocenters. The summed E-state index contributed by atoms with van der Waals surface area (Å²) in [5.74, 6) is 0.144. The summed E-state index contributed by atoms with van der Waals surface area (Å²) in [6.07, 6.45) is 0. The molecule has 1 N–H and O–H groups in total. The zero-order valence-corrected chi connectivity index (χ0v) is 9.55. The standard InChI is InChI=1S/C10H22N2O/c1-6-12(7-2,8-3)9(4)10(13)11-5/h9H,6-8H2,1-5H3/p+1. The minimum atomic E-state index is 0.0602. The molecule has 0 radical (unpaired) electrons. The van der Waals surface area contributed by atoms with E-state index < -0.39 is 0 Å². The minimum absolute atomic E-state index is 0.0602. The third-order valence-electron chi connectivity index (χ3n) is 3.34. The van der Waals surface area contributed by atoms with Crippen molar-refractivity contribution >= 4 is 5.91 Å². The summed E-state index contributed by atoms with van der Waals surface area (Å²) in [6, 6.07) is 0.0602. The van der Waals surface area contributed by atoms with E-state index in [0.29, 0.717) is 0 Å². The van der Waals surface area contributed by atoms with Crippen LogP contribution in [0.2, 0.25) is 0 Å². The molecule has 1 atom stereocenters. The van der Waals surface area contributed by atoms with Gasteiger partial charge < -0.3 is 9.80 Å². The molecule has 0 saturated heterocycles. The maximum Gasteiger partial charge on any atom is 0.277 e. The average molecular weight is 187 g/mol. The fraction of sp³-hybridized carbons (Fsp3) is 0.900. The van der Waals surface area contributed by atoms with Crippen molar-refractivity contribution in [1.29, 1.82) is 0 Å². The van der Waals surface area contributed by atoms with Crippen molar-refractivity contribution in [3.05, 3.63) is 0 Å². The molecule has 0 heterocycles. The van der Waals surface area contributed by atoms with Crippen LogP contribution in [0.25, 0.3) is 0 Å². The van der Waals surface area contributed by atoms with Gasteiger partial charge in [0.05, 0.1) is 19.6 Å². The molecule has 0 rings (SSSR count). The first-order chi connectivity index (χ1) is 6.07.